The van der Waals surface area contributed by atoms with Gasteiger partial charge in [-0.05, 0) is 12.2 Å². The third-order valence-electron chi connectivity index (χ3n) is 2.17. The van der Waals surface area contributed by atoms with Gasteiger partial charge in [-0.1, -0.05) is 6.08 Å². The summed E-state index contributed by atoms with van der Waals surface area (Å²) in [7, 11) is 2.98. The zero-order valence-electron chi connectivity index (χ0n) is 9.69. The lowest BCUT2D eigenvalue weighted by Crippen LogP contribution is -2.39. The molecule has 92 valence electrons. The molecular weight excluding hydrogens is 240 g/mol. The van der Waals surface area contributed by atoms with Crippen molar-refractivity contribution in [1.29, 1.82) is 0 Å². The molecular formula is C10H14N4O2S. The highest BCUT2D eigenvalue weighted by Gasteiger charge is 2.06. The highest BCUT2D eigenvalue weighted by atomic mass is 32.1. The number of rotatable bonds is 3. The summed E-state index contributed by atoms with van der Waals surface area (Å²) in [4.78, 5) is 23.0. The van der Waals surface area contributed by atoms with Crippen LogP contribution < -0.4 is 21.9 Å². The quantitative estimate of drug-likeness (QED) is 0.565. The molecule has 1 heterocycles. The third-order valence-corrected chi connectivity index (χ3v) is 2.42. The van der Waals surface area contributed by atoms with Crippen LogP contribution in [-0.4, -0.2) is 20.8 Å². The Hall–Kier alpha value is -1.89. The smallest absolute Gasteiger partial charge is 0.332 e. The van der Waals surface area contributed by atoms with Crippen molar-refractivity contribution in [1.82, 2.24) is 14.5 Å². The van der Waals surface area contributed by atoms with Crippen LogP contribution in [0.5, 0.6) is 0 Å². The van der Waals surface area contributed by atoms with Crippen molar-refractivity contribution in [3.63, 3.8) is 0 Å². The van der Waals surface area contributed by atoms with Crippen molar-refractivity contribution >= 4 is 23.1 Å². The Bertz CT molecular complexity index is 558. The van der Waals surface area contributed by atoms with E-state index >= 15 is 0 Å². The zero-order valence-corrected chi connectivity index (χ0v) is 10.5. The van der Waals surface area contributed by atoms with Crippen molar-refractivity contribution in [3.8, 4) is 0 Å². The molecule has 17 heavy (non-hydrogen) atoms. The van der Waals surface area contributed by atoms with Gasteiger partial charge in [-0.2, -0.15) is 0 Å². The second-order valence-corrected chi connectivity index (χ2v) is 3.80. The number of nitrogens with one attached hydrogen (secondary N) is 2. The molecule has 0 unspecified atom stereocenters. The molecule has 0 aliphatic heterocycles. The minimum absolute atomic E-state index is 0.327. The second kappa shape index (κ2) is 5.44. The van der Waals surface area contributed by atoms with E-state index < -0.39 is 5.69 Å². The van der Waals surface area contributed by atoms with Gasteiger partial charge in [-0.25, -0.2) is 4.79 Å². The summed E-state index contributed by atoms with van der Waals surface area (Å²) in [6, 6.07) is 1.31. The summed E-state index contributed by atoms with van der Waals surface area (Å²) in [5, 5.41) is 5.94. The molecule has 1 rings (SSSR count). The van der Waals surface area contributed by atoms with Gasteiger partial charge in [0, 0.05) is 26.7 Å². The Morgan fingerprint density at radius 3 is 2.71 bits per heavy atom. The number of anilines is 1. The standard InChI is InChI=1S/C10H14N4O2S/c1-4-5-11-9(17)12-7-6-8(15)14(3)10(16)13(7)2/h4,6H,1,5H2,2-3H3,(H2,11,12,17). The van der Waals surface area contributed by atoms with Crippen LogP contribution >= 0.6 is 12.2 Å². The number of hydrogen-bond acceptors (Lipinski definition) is 3. The Balaban J connectivity index is 3.00. The summed E-state index contributed by atoms with van der Waals surface area (Å²) in [5.74, 6) is 0.347. The first-order chi connectivity index (χ1) is 7.97. The van der Waals surface area contributed by atoms with Gasteiger partial charge in [0.15, 0.2) is 5.11 Å². The number of aromatic nitrogens is 2. The van der Waals surface area contributed by atoms with Crippen molar-refractivity contribution in [3.05, 3.63) is 39.6 Å². The van der Waals surface area contributed by atoms with Gasteiger partial charge in [-0.15, -0.1) is 6.58 Å². The van der Waals surface area contributed by atoms with Crippen LogP contribution in [0.1, 0.15) is 0 Å². The molecule has 0 atom stereocenters. The molecule has 1 aromatic rings. The molecule has 0 aliphatic carbocycles. The molecule has 0 aromatic carbocycles. The first kappa shape index (κ1) is 13.2. The van der Waals surface area contributed by atoms with E-state index in [4.69, 9.17) is 12.2 Å². The molecule has 0 amide bonds. The molecule has 0 spiro atoms. The van der Waals surface area contributed by atoms with Crippen molar-refractivity contribution in [2.45, 2.75) is 0 Å². The zero-order chi connectivity index (χ0) is 13.0. The Morgan fingerprint density at radius 2 is 2.12 bits per heavy atom. The highest BCUT2D eigenvalue weighted by Crippen LogP contribution is 1.97. The summed E-state index contributed by atoms with van der Waals surface area (Å²) in [6.07, 6.45) is 1.65. The number of hydrogen-bond donors (Lipinski definition) is 2. The first-order valence-corrected chi connectivity index (χ1v) is 5.31. The minimum atomic E-state index is -0.411. The lowest BCUT2D eigenvalue weighted by atomic mass is 10.5. The monoisotopic (exact) mass is 254 g/mol. The first-order valence-electron chi connectivity index (χ1n) is 4.90. The predicted molar refractivity (Wildman–Crippen MR) is 71.3 cm³/mol. The molecule has 0 saturated carbocycles. The fourth-order valence-corrected chi connectivity index (χ4v) is 1.37. The van der Waals surface area contributed by atoms with Crippen molar-refractivity contribution < 1.29 is 0 Å². The lowest BCUT2D eigenvalue weighted by molar-refractivity contribution is 0.693. The van der Waals surface area contributed by atoms with Gasteiger partial charge < -0.3 is 10.6 Å². The Morgan fingerprint density at radius 1 is 1.47 bits per heavy atom. The molecule has 0 fully saturated rings. The Labute approximate surface area is 104 Å². The van der Waals surface area contributed by atoms with E-state index in [9.17, 15) is 9.59 Å². The summed E-state index contributed by atoms with van der Waals surface area (Å²) in [5.41, 5.74) is -0.798. The van der Waals surface area contributed by atoms with E-state index in [-0.39, 0.29) is 5.56 Å². The van der Waals surface area contributed by atoms with Gasteiger partial charge >= 0.3 is 5.69 Å². The summed E-state index contributed by atoms with van der Waals surface area (Å²) in [6.45, 7) is 4.04. The van der Waals surface area contributed by atoms with E-state index in [0.29, 0.717) is 17.5 Å². The van der Waals surface area contributed by atoms with Crippen LogP contribution in [0.25, 0.3) is 0 Å². The molecule has 0 bridgehead atoms. The molecule has 1 aromatic heterocycles. The van der Waals surface area contributed by atoms with Crippen molar-refractivity contribution in [2.75, 3.05) is 11.9 Å². The van der Waals surface area contributed by atoms with Gasteiger partial charge in [0.1, 0.15) is 5.82 Å². The lowest BCUT2D eigenvalue weighted by Gasteiger charge is -2.12. The topological polar surface area (TPSA) is 68.1 Å². The largest absolute Gasteiger partial charge is 0.359 e. The van der Waals surface area contributed by atoms with Gasteiger partial charge in [0.05, 0.1) is 0 Å². The highest BCUT2D eigenvalue weighted by molar-refractivity contribution is 7.80. The second-order valence-electron chi connectivity index (χ2n) is 3.39. The van der Waals surface area contributed by atoms with E-state index in [1.807, 2.05) is 0 Å². The minimum Gasteiger partial charge on any atom is -0.359 e. The Kier molecular flexibility index (Phi) is 4.22. The number of nitrogens with zero attached hydrogens (tertiary/aromatic N) is 2. The van der Waals surface area contributed by atoms with Crippen LogP contribution in [0.15, 0.2) is 28.3 Å². The van der Waals surface area contributed by atoms with Gasteiger partial charge in [0.25, 0.3) is 5.56 Å². The van der Waals surface area contributed by atoms with Crippen LogP contribution in [0, 0.1) is 0 Å². The summed E-state index contributed by atoms with van der Waals surface area (Å²) < 4.78 is 2.33. The SMILES string of the molecule is C=CCNC(=S)Nc1cc(=O)n(C)c(=O)n1C. The van der Waals surface area contributed by atoms with E-state index in [1.54, 1.807) is 13.1 Å². The molecule has 0 radical (unpaired) electrons. The fraction of sp³-hybridized carbons (Fsp3) is 0.300. The maximum Gasteiger partial charge on any atom is 0.332 e. The summed E-state index contributed by atoms with van der Waals surface area (Å²) >= 11 is 4.99. The maximum atomic E-state index is 11.6. The van der Waals surface area contributed by atoms with Crippen LogP contribution in [0.2, 0.25) is 0 Å². The molecule has 0 aliphatic rings. The third kappa shape index (κ3) is 3.04. The van der Waals surface area contributed by atoms with Gasteiger partial charge in [-0.3, -0.25) is 13.9 Å². The molecule has 6 nitrogen and oxygen atoms in total. The van der Waals surface area contributed by atoms with E-state index in [0.717, 1.165) is 4.57 Å². The predicted octanol–water partition coefficient (Wildman–Crippen LogP) is -0.444. The fourth-order valence-electron chi connectivity index (χ4n) is 1.18. The average molecular weight is 254 g/mol. The normalized spacial score (nSPS) is 9.76. The molecule has 2 N–H and O–H groups in total. The molecule has 7 heteroatoms. The van der Waals surface area contributed by atoms with Crippen LogP contribution in [0.3, 0.4) is 0 Å². The van der Waals surface area contributed by atoms with Crippen LogP contribution in [-0.2, 0) is 14.1 Å². The van der Waals surface area contributed by atoms with E-state index in [2.05, 4.69) is 17.2 Å². The van der Waals surface area contributed by atoms with Crippen LogP contribution in [0.4, 0.5) is 5.82 Å². The average Bonchev–Trinajstić information content (AvgIpc) is 2.30. The van der Waals surface area contributed by atoms with Gasteiger partial charge in [0.2, 0.25) is 0 Å². The van der Waals surface area contributed by atoms with E-state index in [1.165, 1.54) is 17.7 Å². The van der Waals surface area contributed by atoms with Crippen molar-refractivity contribution in [2.24, 2.45) is 14.1 Å². The molecule has 0 saturated heterocycles. The number of thiocarbonyl (C=S) groups is 1. The maximum absolute atomic E-state index is 11.6.